The minimum atomic E-state index is 1.10. The first-order valence-electron chi connectivity index (χ1n) is 17.2. The van der Waals surface area contributed by atoms with Crippen LogP contribution in [-0.2, 0) is 0 Å². The molecule has 0 radical (unpaired) electrons. The van der Waals surface area contributed by atoms with E-state index in [1.807, 2.05) is 0 Å². The Morgan fingerprint density at radius 1 is 0.320 bits per heavy atom. The average Bonchev–Trinajstić information content (AvgIpc) is 3.53. The van der Waals surface area contributed by atoms with Crippen LogP contribution >= 0.6 is 0 Å². The number of hydrogen-bond donors (Lipinski definition) is 0. The molecular weight excluding hydrogens is 605 g/mol. The number of para-hydroxylation sites is 2. The Kier molecular flexibility index (Phi) is 6.53. The molecule has 9 aromatic carbocycles. The van der Waals surface area contributed by atoms with E-state index in [1.54, 1.807) is 0 Å². The van der Waals surface area contributed by atoms with Crippen molar-refractivity contribution in [3.63, 3.8) is 0 Å². The molecule has 2 heteroatoms. The van der Waals surface area contributed by atoms with Crippen molar-refractivity contribution in [2.75, 3.05) is 4.90 Å². The number of hydrogen-bond acceptors (Lipinski definition) is 1. The van der Waals surface area contributed by atoms with Crippen LogP contribution in [0.15, 0.2) is 194 Å². The first-order chi connectivity index (χ1) is 24.8. The Bertz CT molecular complexity index is 2810. The molecule has 0 saturated carbocycles. The Labute approximate surface area is 290 Å². The maximum Gasteiger partial charge on any atom is 0.0541 e. The third-order valence-electron chi connectivity index (χ3n) is 10.1. The molecule has 0 bridgehead atoms. The molecule has 0 aliphatic carbocycles. The molecular formula is C48H32N2. The fourth-order valence-electron chi connectivity index (χ4n) is 7.82. The van der Waals surface area contributed by atoms with Gasteiger partial charge in [-0.05, 0) is 104 Å². The fourth-order valence-corrected chi connectivity index (χ4v) is 7.82. The lowest BCUT2D eigenvalue weighted by Crippen LogP contribution is -2.10. The van der Waals surface area contributed by atoms with Crippen molar-refractivity contribution in [3.05, 3.63) is 194 Å². The van der Waals surface area contributed by atoms with Gasteiger partial charge in [-0.1, -0.05) is 133 Å². The minimum absolute atomic E-state index is 1.10. The molecule has 0 aliphatic heterocycles. The van der Waals surface area contributed by atoms with Crippen LogP contribution in [0.4, 0.5) is 17.1 Å². The summed E-state index contributed by atoms with van der Waals surface area (Å²) in [5.74, 6) is 0. The summed E-state index contributed by atoms with van der Waals surface area (Å²) in [7, 11) is 0. The highest BCUT2D eigenvalue weighted by atomic mass is 15.1. The highest BCUT2D eigenvalue weighted by Gasteiger charge is 2.17. The van der Waals surface area contributed by atoms with Crippen LogP contribution in [-0.4, -0.2) is 4.57 Å². The SMILES string of the molecule is c1ccc(-c2cccc(N(c3ccc(-n4c5ccccc5c5ccccc54)cc3)c3ccc4c(ccc5ccc6ccccc6c54)c3)c2)cc1. The molecule has 0 unspecified atom stereocenters. The number of benzene rings is 9. The topological polar surface area (TPSA) is 8.17 Å². The molecule has 0 N–H and O–H groups in total. The second kappa shape index (κ2) is 11.5. The van der Waals surface area contributed by atoms with Gasteiger partial charge in [-0.3, -0.25) is 0 Å². The highest BCUT2D eigenvalue weighted by Crippen LogP contribution is 2.41. The average molecular weight is 637 g/mol. The van der Waals surface area contributed by atoms with E-state index in [4.69, 9.17) is 0 Å². The van der Waals surface area contributed by atoms with E-state index < -0.39 is 0 Å². The molecule has 10 aromatic rings. The number of fused-ring (bicyclic) bond motifs is 8. The van der Waals surface area contributed by atoms with Crippen molar-refractivity contribution in [3.8, 4) is 16.8 Å². The quantitative estimate of drug-likeness (QED) is 0.171. The number of aromatic nitrogens is 1. The van der Waals surface area contributed by atoms with E-state index in [1.165, 1.54) is 65.3 Å². The van der Waals surface area contributed by atoms with Gasteiger partial charge in [0.2, 0.25) is 0 Å². The predicted octanol–water partition coefficient (Wildman–Crippen LogP) is 13.4. The van der Waals surface area contributed by atoms with Gasteiger partial charge >= 0.3 is 0 Å². The molecule has 0 amide bonds. The molecule has 1 heterocycles. The molecule has 0 fully saturated rings. The molecule has 0 spiro atoms. The number of anilines is 3. The van der Waals surface area contributed by atoms with Crippen LogP contribution in [0, 0.1) is 0 Å². The lowest BCUT2D eigenvalue weighted by molar-refractivity contribution is 1.17. The van der Waals surface area contributed by atoms with Crippen molar-refractivity contribution >= 4 is 71.2 Å². The molecule has 50 heavy (non-hydrogen) atoms. The number of nitrogens with zero attached hydrogens (tertiary/aromatic N) is 2. The number of rotatable bonds is 5. The van der Waals surface area contributed by atoms with Crippen molar-refractivity contribution in [2.24, 2.45) is 0 Å². The summed E-state index contributed by atoms with van der Waals surface area (Å²) >= 11 is 0. The molecule has 234 valence electrons. The Morgan fingerprint density at radius 3 is 1.64 bits per heavy atom. The third kappa shape index (κ3) is 4.57. The van der Waals surface area contributed by atoms with Gasteiger partial charge in [0.1, 0.15) is 0 Å². The lowest BCUT2D eigenvalue weighted by atomic mass is 9.96. The fraction of sp³-hybridized carbons (Fsp3) is 0. The molecule has 2 nitrogen and oxygen atoms in total. The van der Waals surface area contributed by atoms with Gasteiger partial charge in [0, 0.05) is 33.5 Å². The third-order valence-corrected chi connectivity index (χ3v) is 10.1. The minimum Gasteiger partial charge on any atom is -0.310 e. The zero-order chi connectivity index (χ0) is 33.0. The summed E-state index contributed by atoms with van der Waals surface area (Å²) < 4.78 is 2.38. The Morgan fingerprint density at radius 2 is 0.880 bits per heavy atom. The molecule has 0 saturated heterocycles. The van der Waals surface area contributed by atoms with Gasteiger partial charge in [0.25, 0.3) is 0 Å². The standard InChI is InChI=1S/C48H32N2/c1-2-11-33(12-3-1)36-14-10-15-40(31-36)49(41-29-30-43-37(32-41)24-23-35-22-21-34-13-4-5-16-42(34)48(35)43)38-25-27-39(28-26-38)50-46-19-8-6-17-44(46)45-18-7-9-20-47(45)50/h1-32H. The maximum atomic E-state index is 2.38. The van der Waals surface area contributed by atoms with Crippen LogP contribution in [0.5, 0.6) is 0 Å². The van der Waals surface area contributed by atoms with Gasteiger partial charge < -0.3 is 9.47 Å². The second-order valence-corrected chi connectivity index (χ2v) is 13.0. The lowest BCUT2D eigenvalue weighted by Gasteiger charge is -2.27. The smallest absolute Gasteiger partial charge is 0.0541 e. The zero-order valence-corrected chi connectivity index (χ0v) is 27.4. The van der Waals surface area contributed by atoms with E-state index in [2.05, 4.69) is 204 Å². The largest absolute Gasteiger partial charge is 0.310 e. The normalized spacial score (nSPS) is 11.6. The van der Waals surface area contributed by atoms with Crippen LogP contribution in [0.3, 0.4) is 0 Å². The predicted molar refractivity (Wildman–Crippen MR) is 213 cm³/mol. The van der Waals surface area contributed by atoms with Gasteiger partial charge in [-0.15, -0.1) is 0 Å². The molecule has 0 aliphatic rings. The van der Waals surface area contributed by atoms with E-state index in [-0.39, 0.29) is 0 Å². The van der Waals surface area contributed by atoms with E-state index >= 15 is 0 Å². The van der Waals surface area contributed by atoms with Gasteiger partial charge in [-0.2, -0.15) is 0 Å². The Balaban J connectivity index is 1.15. The van der Waals surface area contributed by atoms with Crippen molar-refractivity contribution < 1.29 is 0 Å². The van der Waals surface area contributed by atoms with E-state index in [0.29, 0.717) is 0 Å². The van der Waals surface area contributed by atoms with Crippen LogP contribution < -0.4 is 4.90 Å². The summed E-state index contributed by atoms with van der Waals surface area (Å²) in [5, 5.41) is 10.1. The zero-order valence-electron chi connectivity index (χ0n) is 27.4. The van der Waals surface area contributed by atoms with Gasteiger partial charge in [-0.25, -0.2) is 0 Å². The summed E-state index contributed by atoms with van der Waals surface area (Å²) in [6.45, 7) is 0. The summed E-state index contributed by atoms with van der Waals surface area (Å²) in [4.78, 5) is 2.38. The van der Waals surface area contributed by atoms with E-state index in [9.17, 15) is 0 Å². The van der Waals surface area contributed by atoms with Gasteiger partial charge in [0.05, 0.1) is 11.0 Å². The molecule has 10 rings (SSSR count). The summed E-state index contributed by atoms with van der Waals surface area (Å²) in [6.07, 6.45) is 0. The monoisotopic (exact) mass is 636 g/mol. The second-order valence-electron chi connectivity index (χ2n) is 13.0. The highest BCUT2D eigenvalue weighted by molar-refractivity contribution is 6.20. The van der Waals surface area contributed by atoms with Crippen LogP contribution in [0.2, 0.25) is 0 Å². The molecule has 0 atom stereocenters. The van der Waals surface area contributed by atoms with Gasteiger partial charge in [0.15, 0.2) is 0 Å². The van der Waals surface area contributed by atoms with Crippen LogP contribution in [0.1, 0.15) is 0 Å². The first kappa shape index (κ1) is 28.4. The van der Waals surface area contributed by atoms with Crippen molar-refractivity contribution in [1.82, 2.24) is 4.57 Å². The summed E-state index contributed by atoms with van der Waals surface area (Å²) in [5.41, 5.74) is 9.28. The van der Waals surface area contributed by atoms with E-state index in [0.717, 1.165) is 22.7 Å². The van der Waals surface area contributed by atoms with Crippen molar-refractivity contribution in [2.45, 2.75) is 0 Å². The Hall–Kier alpha value is -6.64. The molecule has 1 aromatic heterocycles. The van der Waals surface area contributed by atoms with Crippen molar-refractivity contribution in [1.29, 1.82) is 0 Å². The first-order valence-corrected chi connectivity index (χ1v) is 17.2. The van der Waals surface area contributed by atoms with Crippen LogP contribution in [0.25, 0.3) is 70.9 Å². The maximum absolute atomic E-state index is 2.38. The summed E-state index contributed by atoms with van der Waals surface area (Å²) in [6, 6.07) is 70.5.